The van der Waals surface area contributed by atoms with E-state index >= 15 is 0 Å². The summed E-state index contributed by atoms with van der Waals surface area (Å²) in [6.07, 6.45) is 5.01. The van der Waals surface area contributed by atoms with E-state index in [0.29, 0.717) is 21.3 Å². The quantitative estimate of drug-likeness (QED) is 0.245. The van der Waals surface area contributed by atoms with E-state index in [-0.39, 0.29) is 23.4 Å². The zero-order valence-corrected chi connectivity index (χ0v) is 27.4. The van der Waals surface area contributed by atoms with Crippen LogP contribution < -0.4 is 9.62 Å². The largest absolute Gasteiger partial charge is 0.352 e. The molecule has 1 N–H and O–H groups in total. The van der Waals surface area contributed by atoms with Crippen molar-refractivity contribution in [2.75, 3.05) is 10.8 Å². The van der Waals surface area contributed by atoms with Crippen molar-refractivity contribution in [3.63, 3.8) is 0 Å². The second-order valence-electron chi connectivity index (χ2n) is 10.6. The molecule has 0 aromatic heterocycles. The van der Waals surface area contributed by atoms with Gasteiger partial charge in [0.15, 0.2) is 0 Å². The maximum absolute atomic E-state index is 14.1. The molecule has 0 unspecified atom stereocenters. The van der Waals surface area contributed by atoms with Crippen LogP contribution in [0.5, 0.6) is 0 Å². The average molecular weight is 696 g/mol. The average Bonchev–Trinajstić information content (AvgIpc) is 2.96. The Morgan fingerprint density at radius 2 is 1.62 bits per heavy atom. The summed E-state index contributed by atoms with van der Waals surface area (Å²) in [6, 6.07) is 17.2. The summed E-state index contributed by atoms with van der Waals surface area (Å²) >= 11 is 16.0. The zero-order valence-electron chi connectivity index (χ0n) is 23.5. The third kappa shape index (κ3) is 8.07. The number of amides is 2. The van der Waals surface area contributed by atoms with Gasteiger partial charge in [0.2, 0.25) is 11.8 Å². The standard InChI is InChI=1S/C31H34BrCl2N3O4S/c1-21-8-16-28(17-9-21)42(40,41)37(27-14-11-24(32)12-15-27)20-30(38)36(19-23-10-13-25(33)18-29(23)34)22(2)31(39)35-26-6-4-3-5-7-26/h8-18,22,26H,3-7,19-20H2,1-2H3,(H,35,39)/t22-/m0/s1. The molecule has 0 radical (unpaired) electrons. The first-order valence-corrected chi connectivity index (χ1v) is 16.8. The fraction of sp³-hybridized carbons (Fsp3) is 0.355. The molecule has 2 amide bonds. The number of hydrogen-bond acceptors (Lipinski definition) is 4. The number of hydrogen-bond donors (Lipinski definition) is 1. The van der Waals surface area contributed by atoms with E-state index in [1.54, 1.807) is 61.5 Å². The Morgan fingerprint density at radius 1 is 0.976 bits per heavy atom. The van der Waals surface area contributed by atoms with Crippen LogP contribution in [0.4, 0.5) is 5.69 Å². The Balaban J connectivity index is 1.69. The van der Waals surface area contributed by atoms with Gasteiger partial charge in [0.1, 0.15) is 12.6 Å². The fourth-order valence-electron chi connectivity index (χ4n) is 4.96. The summed E-state index contributed by atoms with van der Waals surface area (Å²) in [4.78, 5) is 29.0. The maximum Gasteiger partial charge on any atom is 0.264 e. The van der Waals surface area contributed by atoms with Crippen molar-refractivity contribution in [1.82, 2.24) is 10.2 Å². The molecule has 3 aromatic rings. The smallest absolute Gasteiger partial charge is 0.264 e. The second-order valence-corrected chi connectivity index (χ2v) is 14.2. The van der Waals surface area contributed by atoms with Crippen molar-refractivity contribution in [1.29, 1.82) is 0 Å². The van der Waals surface area contributed by atoms with Crippen LogP contribution in [-0.4, -0.2) is 43.8 Å². The van der Waals surface area contributed by atoms with Crippen LogP contribution in [-0.2, 0) is 26.2 Å². The van der Waals surface area contributed by atoms with Crippen molar-refractivity contribution in [3.05, 3.63) is 92.4 Å². The summed E-state index contributed by atoms with van der Waals surface area (Å²) in [7, 11) is -4.14. The van der Waals surface area contributed by atoms with Gasteiger partial charge in [-0.15, -0.1) is 0 Å². The van der Waals surface area contributed by atoms with Crippen LogP contribution in [0.1, 0.15) is 50.2 Å². The molecule has 1 atom stereocenters. The molecule has 3 aromatic carbocycles. The van der Waals surface area contributed by atoms with Gasteiger partial charge >= 0.3 is 0 Å². The van der Waals surface area contributed by atoms with Gasteiger partial charge in [-0.3, -0.25) is 13.9 Å². The van der Waals surface area contributed by atoms with Crippen LogP contribution >= 0.6 is 39.1 Å². The molecule has 42 heavy (non-hydrogen) atoms. The number of aryl methyl sites for hydroxylation is 1. The third-order valence-corrected chi connectivity index (χ3v) is 10.4. The number of nitrogens with one attached hydrogen (secondary N) is 1. The summed E-state index contributed by atoms with van der Waals surface area (Å²) in [5.74, 6) is -0.845. The van der Waals surface area contributed by atoms with E-state index in [4.69, 9.17) is 23.2 Å². The highest BCUT2D eigenvalue weighted by Gasteiger charge is 2.33. The molecule has 7 nitrogen and oxygen atoms in total. The fourth-order valence-corrected chi connectivity index (χ4v) is 7.11. The molecule has 0 spiro atoms. The Labute approximate surface area is 266 Å². The highest BCUT2D eigenvalue weighted by atomic mass is 79.9. The first-order valence-electron chi connectivity index (χ1n) is 13.8. The van der Waals surface area contributed by atoms with E-state index < -0.39 is 28.5 Å². The summed E-state index contributed by atoms with van der Waals surface area (Å²) < 4.78 is 29.7. The molecule has 0 saturated heterocycles. The lowest BCUT2D eigenvalue weighted by Crippen LogP contribution is -2.53. The van der Waals surface area contributed by atoms with Gasteiger partial charge in [0.25, 0.3) is 10.0 Å². The molecular weight excluding hydrogens is 661 g/mol. The van der Waals surface area contributed by atoms with Gasteiger partial charge in [-0.1, -0.05) is 82.2 Å². The number of halogens is 3. The minimum atomic E-state index is -4.14. The topological polar surface area (TPSA) is 86.8 Å². The van der Waals surface area contributed by atoms with Crippen molar-refractivity contribution >= 4 is 66.7 Å². The molecule has 0 heterocycles. The van der Waals surface area contributed by atoms with E-state index in [0.717, 1.165) is 46.4 Å². The van der Waals surface area contributed by atoms with Gasteiger partial charge in [-0.2, -0.15) is 0 Å². The van der Waals surface area contributed by atoms with Crippen molar-refractivity contribution in [2.45, 2.75) is 69.5 Å². The number of sulfonamides is 1. The zero-order chi connectivity index (χ0) is 30.4. The third-order valence-electron chi connectivity index (χ3n) is 7.48. The molecule has 11 heteroatoms. The number of rotatable bonds is 10. The van der Waals surface area contributed by atoms with E-state index in [2.05, 4.69) is 21.2 Å². The van der Waals surface area contributed by atoms with Crippen LogP contribution in [0.15, 0.2) is 76.1 Å². The van der Waals surface area contributed by atoms with Crippen LogP contribution in [0.3, 0.4) is 0 Å². The number of benzene rings is 3. The molecular formula is C31H34BrCl2N3O4S. The summed E-state index contributed by atoms with van der Waals surface area (Å²) in [5, 5.41) is 3.88. The number of carbonyl (C=O) groups is 2. The second kappa shape index (κ2) is 14.3. The van der Waals surface area contributed by atoms with Crippen LogP contribution in [0, 0.1) is 6.92 Å². The number of carbonyl (C=O) groups excluding carboxylic acids is 2. The lowest BCUT2D eigenvalue weighted by molar-refractivity contribution is -0.139. The maximum atomic E-state index is 14.1. The van der Waals surface area contributed by atoms with Crippen molar-refractivity contribution in [2.24, 2.45) is 0 Å². The molecule has 1 aliphatic carbocycles. The van der Waals surface area contributed by atoms with Crippen LogP contribution in [0.2, 0.25) is 10.0 Å². The molecule has 1 fully saturated rings. The van der Waals surface area contributed by atoms with Gasteiger partial charge in [-0.25, -0.2) is 8.42 Å². The van der Waals surface area contributed by atoms with Crippen molar-refractivity contribution < 1.29 is 18.0 Å². The van der Waals surface area contributed by atoms with E-state index in [9.17, 15) is 18.0 Å². The Bertz CT molecular complexity index is 1510. The Hall–Kier alpha value is -2.59. The first kappa shape index (κ1) is 32.3. The lowest BCUT2D eigenvalue weighted by Gasteiger charge is -2.33. The van der Waals surface area contributed by atoms with Gasteiger partial charge in [0.05, 0.1) is 10.6 Å². The number of nitrogens with zero attached hydrogens (tertiary/aromatic N) is 2. The molecule has 224 valence electrons. The summed E-state index contributed by atoms with van der Waals surface area (Å²) in [5.41, 5.74) is 1.81. The summed E-state index contributed by atoms with van der Waals surface area (Å²) in [6.45, 7) is 2.99. The molecule has 4 rings (SSSR count). The molecule has 0 aliphatic heterocycles. The van der Waals surface area contributed by atoms with Crippen LogP contribution in [0.25, 0.3) is 0 Å². The SMILES string of the molecule is Cc1ccc(S(=O)(=O)N(CC(=O)N(Cc2ccc(Cl)cc2Cl)[C@@H](C)C(=O)NC2CCCCC2)c2ccc(Br)cc2)cc1. The van der Waals surface area contributed by atoms with Gasteiger partial charge < -0.3 is 10.2 Å². The van der Waals surface area contributed by atoms with E-state index in [1.807, 2.05) is 6.92 Å². The van der Waals surface area contributed by atoms with Gasteiger partial charge in [0, 0.05) is 27.1 Å². The Morgan fingerprint density at radius 3 is 2.24 bits per heavy atom. The predicted molar refractivity (Wildman–Crippen MR) is 171 cm³/mol. The van der Waals surface area contributed by atoms with E-state index in [1.165, 1.54) is 17.0 Å². The highest BCUT2D eigenvalue weighted by molar-refractivity contribution is 9.10. The van der Waals surface area contributed by atoms with Gasteiger partial charge in [-0.05, 0) is 80.8 Å². The minimum absolute atomic E-state index is 0.00710. The monoisotopic (exact) mass is 693 g/mol. The molecule has 1 saturated carbocycles. The van der Waals surface area contributed by atoms with Crippen molar-refractivity contribution in [3.8, 4) is 0 Å². The molecule has 0 bridgehead atoms. The highest BCUT2D eigenvalue weighted by Crippen LogP contribution is 2.28. The lowest BCUT2D eigenvalue weighted by atomic mass is 9.95. The number of anilines is 1. The first-order chi connectivity index (χ1) is 20.0. The normalized spacial score (nSPS) is 14.7. The predicted octanol–water partition coefficient (Wildman–Crippen LogP) is 7.13. The minimum Gasteiger partial charge on any atom is -0.352 e. The Kier molecular flexibility index (Phi) is 11.0. The molecule has 1 aliphatic rings.